The molecule has 1 N–H and O–H groups in total. The van der Waals surface area contributed by atoms with Crippen LogP contribution in [0.25, 0.3) is 0 Å². The third-order valence-electron chi connectivity index (χ3n) is 2.03. The van der Waals surface area contributed by atoms with Gasteiger partial charge in [0.2, 0.25) is 17.8 Å². The molecule has 6 nitrogen and oxygen atoms in total. The topological polar surface area (TPSA) is 76.1 Å². The second kappa shape index (κ2) is 3.07. The van der Waals surface area contributed by atoms with Gasteiger partial charge in [0.25, 0.3) is 10.9 Å². The molecular weight excluding hydrogens is 190 g/mol. The molecule has 1 aliphatic heterocycles. The summed E-state index contributed by atoms with van der Waals surface area (Å²) >= 11 is 0. The Morgan fingerprint density at radius 3 is 2.71 bits per heavy atom. The highest BCUT2D eigenvalue weighted by molar-refractivity contribution is 5.44. The molecule has 1 aromatic carbocycles. The molecule has 0 spiro atoms. The quantitative estimate of drug-likeness (QED) is 0.591. The molecule has 1 heterocycles. The summed E-state index contributed by atoms with van der Waals surface area (Å²) in [5, 5.41) is 8.99. The second-order valence-corrected chi connectivity index (χ2v) is 3.22. The fourth-order valence-corrected chi connectivity index (χ4v) is 1.24. The van der Waals surface area contributed by atoms with Crippen LogP contribution in [-0.4, -0.2) is 36.6 Å². The van der Waals surface area contributed by atoms with E-state index in [2.05, 4.69) is 0 Å². The number of nitrogens with zero attached hydrogens (tertiary/aromatic N) is 1. The predicted molar refractivity (Wildman–Crippen MR) is 46.0 cm³/mol. The zero-order chi connectivity index (χ0) is 10.3. The molecule has 0 bridgehead atoms. The van der Waals surface area contributed by atoms with Crippen molar-refractivity contribution in [1.82, 2.24) is 4.90 Å². The van der Waals surface area contributed by atoms with Crippen molar-refractivity contribution in [2.24, 2.45) is 0 Å². The van der Waals surface area contributed by atoms with Crippen molar-refractivity contribution in [3.63, 3.8) is 0 Å². The number of rotatable bonds is 2. The van der Waals surface area contributed by atoms with Crippen molar-refractivity contribution in [3.05, 3.63) is 20.4 Å². The largest absolute Gasteiger partial charge is 0.501 e. The summed E-state index contributed by atoms with van der Waals surface area (Å²) in [6, 6.07) is 0. The first kappa shape index (κ1) is 9.17. The summed E-state index contributed by atoms with van der Waals surface area (Å²) in [5.41, 5.74) is -1.69. The first-order valence-corrected chi connectivity index (χ1v) is 4.08. The SMILES string of the molecule is CN1COC(Oc2c(O)c(=O)c2=O)C1. The van der Waals surface area contributed by atoms with Crippen LogP contribution < -0.4 is 15.6 Å². The highest BCUT2D eigenvalue weighted by Crippen LogP contribution is 2.21. The van der Waals surface area contributed by atoms with Crippen molar-refractivity contribution in [2.75, 3.05) is 20.3 Å². The molecule has 0 aliphatic carbocycles. The average Bonchev–Trinajstić information content (AvgIpc) is 2.59. The van der Waals surface area contributed by atoms with Crippen LogP contribution >= 0.6 is 0 Å². The molecule has 14 heavy (non-hydrogen) atoms. The van der Waals surface area contributed by atoms with Crippen molar-refractivity contribution >= 4 is 0 Å². The van der Waals surface area contributed by atoms with Gasteiger partial charge in [-0.1, -0.05) is 0 Å². The second-order valence-electron chi connectivity index (χ2n) is 3.22. The standard InChI is InChI=1S/C8H9NO5/c1-9-2-4(13-3-9)14-8-6(11)5(10)7(8)12/h4,11H,2-3H2,1H3. The van der Waals surface area contributed by atoms with Gasteiger partial charge < -0.3 is 14.6 Å². The van der Waals surface area contributed by atoms with E-state index in [0.29, 0.717) is 13.3 Å². The molecule has 1 fully saturated rings. The van der Waals surface area contributed by atoms with Crippen molar-refractivity contribution in [1.29, 1.82) is 0 Å². The molecule has 0 saturated carbocycles. The highest BCUT2D eigenvalue weighted by atomic mass is 16.7. The Labute approximate surface area is 79.0 Å². The van der Waals surface area contributed by atoms with E-state index in [-0.39, 0.29) is 5.75 Å². The molecule has 1 saturated heterocycles. The molecule has 2 rings (SSSR count). The fraction of sp³-hybridized carbons (Fsp3) is 0.500. The Bertz CT molecular complexity index is 419. The van der Waals surface area contributed by atoms with E-state index in [1.165, 1.54) is 0 Å². The van der Waals surface area contributed by atoms with E-state index >= 15 is 0 Å². The summed E-state index contributed by atoms with van der Waals surface area (Å²) in [5.74, 6) is -0.886. The Morgan fingerprint density at radius 2 is 2.21 bits per heavy atom. The maximum absolute atomic E-state index is 10.9. The Balaban J connectivity index is 2.06. The first-order valence-electron chi connectivity index (χ1n) is 4.08. The molecule has 0 radical (unpaired) electrons. The van der Waals surface area contributed by atoms with Crippen LogP contribution in [0, 0.1) is 0 Å². The zero-order valence-corrected chi connectivity index (χ0v) is 7.52. The van der Waals surface area contributed by atoms with E-state index < -0.39 is 22.9 Å². The zero-order valence-electron chi connectivity index (χ0n) is 7.52. The Kier molecular flexibility index (Phi) is 2.01. The third kappa shape index (κ3) is 1.28. The maximum Gasteiger partial charge on any atom is 0.275 e. The van der Waals surface area contributed by atoms with Crippen LogP contribution in [0.15, 0.2) is 9.59 Å². The summed E-state index contributed by atoms with van der Waals surface area (Å²) in [7, 11) is 1.82. The summed E-state index contributed by atoms with van der Waals surface area (Å²) < 4.78 is 10.1. The Morgan fingerprint density at radius 1 is 1.50 bits per heavy atom. The van der Waals surface area contributed by atoms with Gasteiger partial charge >= 0.3 is 0 Å². The lowest BCUT2D eigenvalue weighted by molar-refractivity contribution is -0.0375. The molecule has 1 unspecified atom stereocenters. The van der Waals surface area contributed by atoms with Gasteiger partial charge in [0, 0.05) is 0 Å². The summed E-state index contributed by atoms with van der Waals surface area (Å²) in [6.07, 6.45) is -0.589. The number of hydrogen-bond donors (Lipinski definition) is 1. The van der Waals surface area contributed by atoms with E-state index in [9.17, 15) is 9.59 Å². The van der Waals surface area contributed by atoms with Crippen LogP contribution in [0.5, 0.6) is 11.5 Å². The highest BCUT2D eigenvalue weighted by Gasteiger charge is 2.28. The van der Waals surface area contributed by atoms with E-state index in [1.807, 2.05) is 11.9 Å². The minimum Gasteiger partial charge on any atom is -0.501 e. The number of ether oxygens (including phenoxy) is 2. The molecule has 1 aromatic rings. The lowest BCUT2D eigenvalue weighted by Gasteiger charge is -2.13. The smallest absolute Gasteiger partial charge is 0.275 e. The van der Waals surface area contributed by atoms with Crippen molar-refractivity contribution < 1.29 is 14.6 Å². The monoisotopic (exact) mass is 199 g/mol. The fourth-order valence-electron chi connectivity index (χ4n) is 1.24. The van der Waals surface area contributed by atoms with E-state index in [0.717, 1.165) is 0 Å². The van der Waals surface area contributed by atoms with Crippen LogP contribution in [0.3, 0.4) is 0 Å². The Hall–Kier alpha value is -1.40. The number of likely N-dealkylation sites (N-methyl/N-ethyl adjacent to an activating group) is 1. The predicted octanol–water partition coefficient (Wildman–Crippen LogP) is -1.39. The molecule has 0 aromatic heterocycles. The molecule has 0 amide bonds. The average molecular weight is 199 g/mol. The van der Waals surface area contributed by atoms with Gasteiger partial charge in [-0.15, -0.1) is 0 Å². The van der Waals surface area contributed by atoms with Gasteiger partial charge in [-0.2, -0.15) is 0 Å². The van der Waals surface area contributed by atoms with E-state index in [1.54, 1.807) is 0 Å². The molecule has 76 valence electrons. The number of hydrogen-bond acceptors (Lipinski definition) is 6. The third-order valence-corrected chi connectivity index (χ3v) is 2.03. The summed E-state index contributed by atoms with van der Waals surface area (Å²) in [4.78, 5) is 23.3. The summed E-state index contributed by atoms with van der Waals surface area (Å²) in [6.45, 7) is 0.902. The lowest BCUT2D eigenvalue weighted by atomic mass is 10.2. The molecule has 6 heteroatoms. The van der Waals surface area contributed by atoms with Crippen molar-refractivity contribution in [2.45, 2.75) is 6.29 Å². The van der Waals surface area contributed by atoms with Gasteiger partial charge in [-0.25, -0.2) is 0 Å². The van der Waals surface area contributed by atoms with Crippen molar-refractivity contribution in [3.8, 4) is 11.5 Å². The normalized spacial score (nSPS) is 23.1. The van der Waals surface area contributed by atoms with Gasteiger partial charge in [-0.3, -0.25) is 14.5 Å². The first-order chi connectivity index (χ1) is 6.59. The van der Waals surface area contributed by atoms with Gasteiger partial charge in [-0.05, 0) is 7.05 Å². The molecule has 1 aliphatic rings. The van der Waals surface area contributed by atoms with Crippen LogP contribution in [0.4, 0.5) is 0 Å². The van der Waals surface area contributed by atoms with Crippen LogP contribution in [-0.2, 0) is 4.74 Å². The molecular formula is C8H9NO5. The van der Waals surface area contributed by atoms with Crippen LogP contribution in [0.2, 0.25) is 0 Å². The van der Waals surface area contributed by atoms with Gasteiger partial charge in [0.05, 0.1) is 6.54 Å². The minimum atomic E-state index is -0.897. The number of aromatic hydroxyl groups is 1. The molecule has 1 atom stereocenters. The van der Waals surface area contributed by atoms with Gasteiger partial charge in [0.1, 0.15) is 6.73 Å². The van der Waals surface area contributed by atoms with E-state index in [4.69, 9.17) is 14.6 Å². The van der Waals surface area contributed by atoms with Gasteiger partial charge in [0.15, 0.2) is 0 Å². The van der Waals surface area contributed by atoms with Crippen LogP contribution in [0.1, 0.15) is 0 Å². The lowest BCUT2D eigenvalue weighted by Crippen LogP contribution is -2.35. The minimum absolute atomic E-state index is 0.282. The maximum atomic E-state index is 10.9.